The first-order valence-corrected chi connectivity index (χ1v) is 11.1. The maximum Gasteiger partial charge on any atom is 0.163 e. The third kappa shape index (κ3) is 6.26. The minimum Gasteiger partial charge on any atom is -0.490 e. The van der Waals surface area contributed by atoms with Crippen molar-refractivity contribution in [1.82, 2.24) is 10.2 Å². The van der Waals surface area contributed by atoms with Gasteiger partial charge in [0.05, 0.1) is 6.61 Å². The first-order chi connectivity index (χ1) is 14.1. The predicted octanol–water partition coefficient (Wildman–Crippen LogP) is 5.55. The number of likely N-dealkylation sites (N-methyl/N-ethyl adjacent to an activating group) is 1. The molecule has 2 aromatic rings. The van der Waals surface area contributed by atoms with Crippen LogP contribution in [0.3, 0.4) is 0 Å². The van der Waals surface area contributed by atoms with E-state index in [2.05, 4.69) is 17.1 Å². The highest BCUT2D eigenvalue weighted by atomic mass is 35.5. The van der Waals surface area contributed by atoms with Crippen LogP contribution in [-0.4, -0.2) is 37.2 Å². The van der Waals surface area contributed by atoms with Crippen LogP contribution in [0.5, 0.6) is 11.5 Å². The van der Waals surface area contributed by atoms with Crippen molar-refractivity contribution in [1.29, 1.82) is 0 Å². The van der Waals surface area contributed by atoms with E-state index in [9.17, 15) is 0 Å². The molecule has 2 aromatic carbocycles. The summed E-state index contributed by atoms with van der Waals surface area (Å²) in [5.74, 6) is 1.36. The van der Waals surface area contributed by atoms with Crippen LogP contribution >= 0.6 is 23.2 Å². The first-order valence-electron chi connectivity index (χ1n) is 10.4. The standard InChI is InChI=1S/C23H30Cl2N2O2/c1-3-27-10-6-9-20(27)15-26-14-18-12-22(28-4-2)23(13-21(18)25)29-16-17-7-5-8-19(24)11-17/h5,7-8,11-13,20,26H,3-4,6,9-10,14-16H2,1-2H3. The zero-order chi connectivity index (χ0) is 20.6. The molecule has 1 atom stereocenters. The Hall–Kier alpha value is -1.46. The molecule has 0 aromatic heterocycles. The summed E-state index contributed by atoms with van der Waals surface area (Å²) < 4.78 is 11.8. The van der Waals surface area contributed by atoms with Crippen LogP contribution in [0, 0.1) is 0 Å². The van der Waals surface area contributed by atoms with Gasteiger partial charge in [0, 0.05) is 35.2 Å². The normalized spacial score (nSPS) is 16.9. The highest BCUT2D eigenvalue weighted by molar-refractivity contribution is 6.31. The number of hydrogen-bond donors (Lipinski definition) is 1. The fourth-order valence-corrected chi connectivity index (χ4v) is 4.23. The Balaban J connectivity index is 1.63. The van der Waals surface area contributed by atoms with Gasteiger partial charge in [0.25, 0.3) is 0 Å². The van der Waals surface area contributed by atoms with Crippen molar-refractivity contribution in [3.63, 3.8) is 0 Å². The van der Waals surface area contributed by atoms with Gasteiger partial charge in [-0.2, -0.15) is 0 Å². The molecule has 1 N–H and O–H groups in total. The average Bonchev–Trinajstić information content (AvgIpc) is 3.16. The molecule has 1 fully saturated rings. The van der Waals surface area contributed by atoms with E-state index in [1.165, 1.54) is 19.4 Å². The summed E-state index contributed by atoms with van der Waals surface area (Å²) in [6.45, 7) is 9.16. The zero-order valence-corrected chi connectivity index (χ0v) is 18.7. The van der Waals surface area contributed by atoms with E-state index in [0.717, 1.165) is 24.2 Å². The fourth-order valence-electron chi connectivity index (χ4n) is 3.80. The van der Waals surface area contributed by atoms with Crippen molar-refractivity contribution < 1.29 is 9.47 Å². The lowest BCUT2D eigenvalue weighted by atomic mass is 10.1. The Morgan fingerprint density at radius 3 is 2.69 bits per heavy atom. The van der Waals surface area contributed by atoms with Crippen LogP contribution in [0.1, 0.15) is 37.8 Å². The Bertz CT molecular complexity index is 800. The summed E-state index contributed by atoms with van der Waals surface area (Å²) in [6.07, 6.45) is 2.54. The number of ether oxygens (including phenoxy) is 2. The number of nitrogens with zero attached hydrogens (tertiary/aromatic N) is 1. The summed E-state index contributed by atoms with van der Waals surface area (Å²) in [7, 11) is 0. The van der Waals surface area contributed by atoms with Gasteiger partial charge in [-0.1, -0.05) is 42.3 Å². The smallest absolute Gasteiger partial charge is 0.163 e. The summed E-state index contributed by atoms with van der Waals surface area (Å²) >= 11 is 12.6. The minimum atomic E-state index is 0.406. The Morgan fingerprint density at radius 1 is 1.10 bits per heavy atom. The molecule has 1 aliphatic heterocycles. The van der Waals surface area contributed by atoms with Crippen molar-refractivity contribution in [2.24, 2.45) is 0 Å². The molecule has 6 heteroatoms. The van der Waals surface area contributed by atoms with Gasteiger partial charge in [-0.15, -0.1) is 0 Å². The predicted molar refractivity (Wildman–Crippen MR) is 120 cm³/mol. The van der Waals surface area contributed by atoms with Gasteiger partial charge in [0.2, 0.25) is 0 Å². The second-order valence-corrected chi connectivity index (χ2v) is 8.14. The lowest BCUT2D eigenvalue weighted by Crippen LogP contribution is -2.37. The number of nitrogens with one attached hydrogen (secondary N) is 1. The van der Waals surface area contributed by atoms with E-state index >= 15 is 0 Å². The molecular formula is C23H30Cl2N2O2. The van der Waals surface area contributed by atoms with Gasteiger partial charge in [-0.05, 0) is 62.2 Å². The zero-order valence-electron chi connectivity index (χ0n) is 17.2. The quantitative estimate of drug-likeness (QED) is 0.529. The van der Waals surface area contributed by atoms with Crippen LogP contribution in [-0.2, 0) is 13.2 Å². The molecule has 29 heavy (non-hydrogen) atoms. The van der Waals surface area contributed by atoms with Crippen molar-refractivity contribution in [3.8, 4) is 11.5 Å². The molecule has 0 radical (unpaired) electrons. The summed E-state index contributed by atoms with van der Waals surface area (Å²) in [6, 6.07) is 12.1. The third-order valence-corrected chi connectivity index (χ3v) is 5.88. The topological polar surface area (TPSA) is 33.7 Å². The number of halogens is 2. The van der Waals surface area contributed by atoms with Gasteiger partial charge >= 0.3 is 0 Å². The SMILES string of the molecule is CCOc1cc(CNCC2CCCN2CC)c(Cl)cc1OCc1cccc(Cl)c1. The number of hydrogen-bond acceptors (Lipinski definition) is 4. The molecule has 0 amide bonds. The molecule has 3 rings (SSSR count). The molecule has 0 saturated carbocycles. The van der Waals surface area contributed by atoms with E-state index in [0.29, 0.717) is 47.3 Å². The highest BCUT2D eigenvalue weighted by Crippen LogP contribution is 2.34. The number of rotatable bonds is 10. The van der Waals surface area contributed by atoms with Crippen LogP contribution in [0.4, 0.5) is 0 Å². The van der Waals surface area contributed by atoms with Crippen molar-refractivity contribution in [2.45, 2.75) is 45.9 Å². The molecule has 1 aliphatic rings. The average molecular weight is 437 g/mol. The molecule has 1 heterocycles. The summed E-state index contributed by atoms with van der Waals surface area (Å²) in [5.41, 5.74) is 2.02. The molecule has 158 valence electrons. The Morgan fingerprint density at radius 2 is 1.93 bits per heavy atom. The monoisotopic (exact) mass is 436 g/mol. The summed E-state index contributed by atoms with van der Waals surface area (Å²) in [4.78, 5) is 2.53. The molecule has 0 aliphatic carbocycles. The van der Waals surface area contributed by atoms with E-state index < -0.39 is 0 Å². The van der Waals surface area contributed by atoms with Gasteiger partial charge in [0.15, 0.2) is 11.5 Å². The van der Waals surface area contributed by atoms with Gasteiger partial charge < -0.3 is 14.8 Å². The lowest BCUT2D eigenvalue weighted by molar-refractivity contribution is 0.259. The van der Waals surface area contributed by atoms with Crippen LogP contribution in [0.25, 0.3) is 0 Å². The molecular weight excluding hydrogens is 407 g/mol. The molecule has 1 saturated heterocycles. The van der Waals surface area contributed by atoms with Gasteiger partial charge in [-0.3, -0.25) is 4.90 Å². The second kappa shape index (κ2) is 11.1. The molecule has 0 bridgehead atoms. The maximum atomic E-state index is 6.55. The Labute approximate surface area is 184 Å². The second-order valence-electron chi connectivity index (χ2n) is 7.30. The minimum absolute atomic E-state index is 0.406. The van der Waals surface area contributed by atoms with Crippen LogP contribution in [0.15, 0.2) is 36.4 Å². The molecule has 4 nitrogen and oxygen atoms in total. The van der Waals surface area contributed by atoms with Gasteiger partial charge in [0.1, 0.15) is 6.61 Å². The van der Waals surface area contributed by atoms with E-state index in [1.807, 2.05) is 43.3 Å². The van der Waals surface area contributed by atoms with E-state index in [-0.39, 0.29) is 0 Å². The van der Waals surface area contributed by atoms with Crippen molar-refractivity contribution >= 4 is 23.2 Å². The van der Waals surface area contributed by atoms with Gasteiger partial charge in [-0.25, -0.2) is 0 Å². The fraction of sp³-hybridized carbons (Fsp3) is 0.478. The van der Waals surface area contributed by atoms with Crippen molar-refractivity contribution in [2.75, 3.05) is 26.2 Å². The number of benzene rings is 2. The van der Waals surface area contributed by atoms with Crippen LogP contribution in [0.2, 0.25) is 10.0 Å². The van der Waals surface area contributed by atoms with E-state index in [1.54, 1.807) is 0 Å². The number of likely N-dealkylation sites (tertiary alicyclic amines) is 1. The molecule has 0 spiro atoms. The third-order valence-electron chi connectivity index (χ3n) is 5.30. The Kier molecular flexibility index (Phi) is 8.49. The lowest BCUT2D eigenvalue weighted by Gasteiger charge is -2.23. The largest absolute Gasteiger partial charge is 0.490 e. The first kappa shape index (κ1) is 22.2. The summed E-state index contributed by atoms with van der Waals surface area (Å²) in [5, 5.41) is 4.94. The maximum absolute atomic E-state index is 6.55. The van der Waals surface area contributed by atoms with E-state index in [4.69, 9.17) is 32.7 Å². The van der Waals surface area contributed by atoms with Crippen LogP contribution < -0.4 is 14.8 Å². The van der Waals surface area contributed by atoms with Crippen molar-refractivity contribution in [3.05, 3.63) is 57.6 Å². The molecule has 1 unspecified atom stereocenters. The highest BCUT2D eigenvalue weighted by Gasteiger charge is 2.22.